The zero-order valence-corrected chi connectivity index (χ0v) is 20.7. The Bertz CT molecular complexity index is 1230. The van der Waals surface area contributed by atoms with Gasteiger partial charge in [0.1, 0.15) is 12.4 Å². The van der Waals surface area contributed by atoms with Gasteiger partial charge in [0, 0.05) is 11.1 Å². The lowest BCUT2D eigenvalue weighted by Crippen LogP contribution is -2.37. The molecule has 0 radical (unpaired) electrons. The first-order valence-electron chi connectivity index (χ1n) is 11.7. The molecule has 0 N–H and O–H groups in total. The minimum Gasteiger partial charge on any atom is -0.487 e. The number of likely N-dealkylation sites (tertiary alicyclic amines) is 1. The Balaban J connectivity index is 1.31. The van der Waals surface area contributed by atoms with Crippen molar-refractivity contribution in [2.75, 3.05) is 13.1 Å². The molecule has 5 rings (SSSR count). The van der Waals surface area contributed by atoms with E-state index >= 15 is 0 Å². The second-order valence-electron chi connectivity index (χ2n) is 9.11. The Morgan fingerprint density at radius 2 is 1.82 bits per heavy atom. The Labute approximate surface area is 205 Å². The van der Waals surface area contributed by atoms with Crippen LogP contribution in [0, 0.1) is 0 Å². The quantitative estimate of drug-likeness (QED) is 0.284. The summed E-state index contributed by atoms with van der Waals surface area (Å²) in [6, 6.07) is 23.8. The summed E-state index contributed by atoms with van der Waals surface area (Å²) >= 11 is 7.50. The first kappa shape index (κ1) is 22.4. The molecular formula is C28H29ClN2OS. The zero-order valence-electron chi connectivity index (χ0n) is 19.1. The van der Waals surface area contributed by atoms with Gasteiger partial charge in [-0.15, -0.1) is 0 Å². The maximum absolute atomic E-state index is 6.17. The smallest absolute Gasteiger partial charge is 0.131 e. The molecule has 1 saturated heterocycles. The fraction of sp³-hybridized carbons (Fsp3) is 0.321. The Morgan fingerprint density at radius 1 is 1.03 bits per heavy atom. The molecule has 1 fully saturated rings. The van der Waals surface area contributed by atoms with E-state index in [4.69, 9.17) is 16.3 Å². The van der Waals surface area contributed by atoms with Gasteiger partial charge < -0.3 is 9.64 Å². The van der Waals surface area contributed by atoms with Gasteiger partial charge in [-0.05, 0) is 109 Å². The second kappa shape index (κ2) is 9.84. The summed E-state index contributed by atoms with van der Waals surface area (Å²) in [7, 11) is 0. The van der Waals surface area contributed by atoms with Gasteiger partial charge in [0.05, 0.1) is 10.6 Å². The third kappa shape index (κ3) is 5.08. The predicted molar refractivity (Wildman–Crippen MR) is 140 cm³/mol. The van der Waals surface area contributed by atoms with Gasteiger partial charge >= 0.3 is 0 Å². The van der Waals surface area contributed by atoms with Crippen LogP contribution >= 0.6 is 23.1 Å². The van der Waals surface area contributed by atoms with Crippen LogP contribution in [0.2, 0.25) is 5.02 Å². The average Bonchev–Trinajstić information content (AvgIpc) is 3.32. The number of ether oxygens (including phenoxy) is 1. The number of fused-ring (bicyclic) bond motifs is 1. The first-order valence-corrected chi connectivity index (χ1v) is 12.8. The first-order chi connectivity index (χ1) is 16.1. The zero-order chi connectivity index (χ0) is 22.8. The van der Waals surface area contributed by atoms with Crippen LogP contribution in [0.15, 0.2) is 66.7 Å². The molecule has 0 saturated carbocycles. The fourth-order valence-corrected chi connectivity index (χ4v) is 5.61. The van der Waals surface area contributed by atoms with Crippen LogP contribution in [-0.2, 0) is 6.61 Å². The monoisotopic (exact) mass is 476 g/mol. The highest BCUT2D eigenvalue weighted by Gasteiger charge is 2.23. The van der Waals surface area contributed by atoms with E-state index < -0.39 is 0 Å². The highest BCUT2D eigenvalue weighted by Crippen LogP contribution is 2.35. The number of hydrogen-bond donors (Lipinski definition) is 0. The minimum atomic E-state index is 0.463. The topological polar surface area (TPSA) is 25.4 Å². The molecule has 0 aliphatic carbocycles. The average molecular weight is 477 g/mol. The lowest BCUT2D eigenvalue weighted by molar-refractivity contribution is 0.172. The Morgan fingerprint density at radius 3 is 2.58 bits per heavy atom. The van der Waals surface area contributed by atoms with Crippen molar-refractivity contribution in [1.82, 2.24) is 9.27 Å². The van der Waals surface area contributed by atoms with Gasteiger partial charge in [0.2, 0.25) is 0 Å². The SMILES string of the molecule is CC(C)N1CCC(c2cccc3ccc(OCc4cc(-c5ccc(Cl)cc5)sn4)cc23)CC1. The molecule has 170 valence electrons. The van der Waals surface area contributed by atoms with Crippen LogP contribution in [0.4, 0.5) is 0 Å². The lowest BCUT2D eigenvalue weighted by atomic mass is 9.86. The molecule has 33 heavy (non-hydrogen) atoms. The largest absolute Gasteiger partial charge is 0.487 e. The van der Waals surface area contributed by atoms with Crippen molar-refractivity contribution < 1.29 is 4.74 Å². The summed E-state index contributed by atoms with van der Waals surface area (Å²) in [6.07, 6.45) is 2.43. The maximum atomic E-state index is 6.17. The fourth-order valence-electron chi connectivity index (χ4n) is 4.74. The van der Waals surface area contributed by atoms with Crippen molar-refractivity contribution in [1.29, 1.82) is 0 Å². The molecule has 1 aliphatic heterocycles. The summed E-state index contributed by atoms with van der Waals surface area (Å²) in [5, 5.41) is 3.34. The van der Waals surface area contributed by atoms with E-state index in [1.807, 2.05) is 24.3 Å². The third-order valence-electron chi connectivity index (χ3n) is 6.66. The van der Waals surface area contributed by atoms with Crippen LogP contribution in [-0.4, -0.2) is 28.4 Å². The van der Waals surface area contributed by atoms with Gasteiger partial charge in [-0.25, -0.2) is 0 Å². The standard InChI is InChI=1S/C28H29ClN2OS/c1-19(2)31-14-12-21(13-15-31)26-5-3-4-20-8-11-25(17-27(20)26)32-18-24-16-28(33-30-24)22-6-9-23(29)10-7-22/h3-11,16-17,19,21H,12-15,18H2,1-2H3. The number of hydrogen-bond acceptors (Lipinski definition) is 4. The molecule has 4 aromatic rings. The molecule has 1 aliphatic rings. The second-order valence-corrected chi connectivity index (χ2v) is 10.4. The maximum Gasteiger partial charge on any atom is 0.131 e. The van der Waals surface area contributed by atoms with Gasteiger partial charge in [0.15, 0.2) is 0 Å². The Kier molecular flexibility index (Phi) is 6.68. The summed E-state index contributed by atoms with van der Waals surface area (Å²) in [5.74, 6) is 1.51. The lowest BCUT2D eigenvalue weighted by Gasteiger charge is -2.35. The van der Waals surface area contributed by atoms with Crippen molar-refractivity contribution in [3.05, 3.63) is 83.0 Å². The molecule has 0 bridgehead atoms. The molecule has 3 nitrogen and oxygen atoms in total. The minimum absolute atomic E-state index is 0.463. The van der Waals surface area contributed by atoms with Crippen molar-refractivity contribution in [3.63, 3.8) is 0 Å². The molecule has 3 aromatic carbocycles. The summed E-state index contributed by atoms with van der Waals surface area (Å²) < 4.78 is 10.8. The van der Waals surface area contributed by atoms with Crippen LogP contribution < -0.4 is 4.74 Å². The van der Waals surface area contributed by atoms with Gasteiger partial charge in [-0.3, -0.25) is 0 Å². The number of piperidine rings is 1. The molecule has 2 heterocycles. The normalized spacial score (nSPS) is 15.4. The van der Waals surface area contributed by atoms with Gasteiger partial charge in [-0.2, -0.15) is 4.37 Å². The van der Waals surface area contributed by atoms with Gasteiger partial charge in [0.25, 0.3) is 0 Å². The summed E-state index contributed by atoms with van der Waals surface area (Å²) in [5.41, 5.74) is 3.53. The number of rotatable bonds is 6. The van der Waals surface area contributed by atoms with E-state index in [-0.39, 0.29) is 0 Å². The van der Waals surface area contributed by atoms with Crippen molar-refractivity contribution >= 4 is 33.9 Å². The number of halogens is 1. The van der Waals surface area contributed by atoms with E-state index in [0.29, 0.717) is 18.6 Å². The van der Waals surface area contributed by atoms with Crippen LogP contribution in [0.25, 0.3) is 21.2 Å². The van der Waals surface area contributed by atoms with Crippen molar-refractivity contribution in [3.8, 4) is 16.2 Å². The molecular weight excluding hydrogens is 448 g/mol. The van der Waals surface area contributed by atoms with Crippen molar-refractivity contribution in [2.24, 2.45) is 0 Å². The van der Waals surface area contributed by atoms with E-state index in [2.05, 4.69) is 65.6 Å². The van der Waals surface area contributed by atoms with E-state index in [9.17, 15) is 0 Å². The molecule has 0 atom stereocenters. The Hall–Kier alpha value is -2.40. The van der Waals surface area contributed by atoms with E-state index in [1.165, 1.54) is 53.8 Å². The molecule has 1 aromatic heterocycles. The molecule has 0 spiro atoms. The van der Waals surface area contributed by atoms with E-state index in [0.717, 1.165) is 26.9 Å². The highest BCUT2D eigenvalue weighted by molar-refractivity contribution is 7.09. The number of aromatic nitrogens is 1. The third-order valence-corrected chi connectivity index (χ3v) is 7.79. The highest BCUT2D eigenvalue weighted by atomic mass is 35.5. The van der Waals surface area contributed by atoms with Crippen molar-refractivity contribution in [2.45, 2.75) is 45.3 Å². The van der Waals surface area contributed by atoms with Crippen LogP contribution in [0.3, 0.4) is 0 Å². The number of nitrogens with zero attached hydrogens (tertiary/aromatic N) is 2. The predicted octanol–water partition coefficient (Wildman–Crippen LogP) is 7.78. The van der Waals surface area contributed by atoms with Gasteiger partial charge in [-0.1, -0.05) is 48.0 Å². The number of benzene rings is 3. The summed E-state index contributed by atoms with van der Waals surface area (Å²) in [6.45, 7) is 7.40. The summed E-state index contributed by atoms with van der Waals surface area (Å²) in [4.78, 5) is 3.71. The van der Waals surface area contributed by atoms with Crippen LogP contribution in [0.5, 0.6) is 5.75 Å². The molecule has 5 heteroatoms. The van der Waals surface area contributed by atoms with E-state index in [1.54, 1.807) is 0 Å². The molecule has 0 unspecified atom stereocenters. The molecule has 0 amide bonds. The van der Waals surface area contributed by atoms with Crippen LogP contribution in [0.1, 0.15) is 43.9 Å².